The second-order valence-electron chi connectivity index (χ2n) is 11.8. The Bertz CT molecular complexity index is 690. The van der Waals surface area contributed by atoms with Crippen LogP contribution in [0, 0.1) is 0 Å². The summed E-state index contributed by atoms with van der Waals surface area (Å²) in [7, 11) is -3.76. The predicted molar refractivity (Wildman–Crippen MR) is 131 cm³/mol. The molecule has 0 amide bonds. The number of aryl methyl sites for hydroxylation is 1. The van der Waals surface area contributed by atoms with E-state index >= 15 is 0 Å². The Kier molecular flexibility index (Phi) is 7.84. The van der Waals surface area contributed by atoms with Gasteiger partial charge in [-0.15, -0.1) is 0 Å². The van der Waals surface area contributed by atoms with Crippen LogP contribution in [0.4, 0.5) is 0 Å². The highest BCUT2D eigenvalue weighted by Gasteiger charge is 2.46. The molecule has 3 atom stereocenters. The number of ether oxygens (including phenoxy) is 1. The van der Waals surface area contributed by atoms with E-state index in [1.807, 2.05) is 6.20 Å². The van der Waals surface area contributed by atoms with Gasteiger partial charge in [-0.1, -0.05) is 54.5 Å². The molecule has 0 radical (unpaired) electrons. The van der Waals surface area contributed by atoms with Crippen molar-refractivity contribution in [1.82, 2.24) is 4.98 Å². The second-order valence-corrected chi connectivity index (χ2v) is 21.4. The fraction of sp³-hybridized carbons (Fsp3) is 0.792. The molecule has 1 saturated heterocycles. The summed E-state index contributed by atoms with van der Waals surface area (Å²) in [5.74, 6) is 0. The van der Waals surface area contributed by atoms with Gasteiger partial charge in [0.05, 0.1) is 18.8 Å². The normalized spacial score (nSPS) is 23.8. The van der Waals surface area contributed by atoms with Crippen molar-refractivity contribution >= 4 is 16.6 Å². The maximum Gasteiger partial charge on any atom is 0.192 e. The first-order valence-corrected chi connectivity index (χ1v) is 17.3. The van der Waals surface area contributed by atoms with E-state index in [1.165, 1.54) is 0 Å². The van der Waals surface area contributed by atoms with Crippen LogP contribution in [0.2, 0.25) is 36.3 Å². The van der Waals surface area contributed by atoms with Gasteiger partial charge in [-0.3, -0.25) is 4.98 Å². The first-order chi connectivity index (χ1) is 13.6. The third kappa shape index (κ3) is 6.03. The maximum absolute atomic E-state index is 6.85. The molecule has 172 valence electrons. The number of hydrogen-bond donors (Lipinski definition) is 0. The highest BCUT2D eigenvalue weighted by molar-refractivity contribution is 6.74. The topological polar surface area (TPSA) is 40.6 Å². The zero-order chi connectivity index (χ0) is 23.0. The molecule has 1 fully saturated rings. The molecule has 0 bridgehead atoms. The van der Waals surface area contributed by atoms with Crippen LogP contribution in [0.3, 0.4) is 0 Å². The molecule has 2 heterocycles. The summed E-state index contributed by atoms with van der Waals surface area (Å²) in [6, 6.07) is 4.28. The van der Waals surface area contributed by atoms with Crippen molar-refractivity contribution in [2.45, 2.75) is 116 Å². The van der Waals surface area contributed by atoms with Crippen molar-refractivity contribution in [1.29, 1.82) is 0 Å². The van der Waals surface area contributed by atoms with Crippen LogP contribution < -0.4 is 0 Å². The summed E-state index contributed by atoms with van der Waals surface area (Å²) >= 11 is 0. The average Bonchev–Trinajstić information content (AvgIpc) is 3.00. The molecule has 1 aliphatic heterocycles. The Labute approximate surface area is 187 Å². The molecule has 0 N–H and O–H groups in total. The predicted octanol–water partition coefficient (Wildman–Crippen LogP) is 6.89. The summed E-state index contributed by atoms with van der Waals surface area (Å²) in [5.41, 5.74) is 2.26. The van der Waals surface area contributed by atoms with Crippen LogP contribution in [-0.4, -0.2) is 40.4 Å². The molecule has 4 nitrogen and oxygen atoms in total. The minimum atomic E-state index is -1.91. The van der Waals surface area contributed by atoms with Crippen LogP contribution in [-0.2, 0) is 20.0 Å². The van der Waals surface area contributed by atoms with Crippen molar-refractivity contribution < 1.29 is 13.6 Å². The van der Waals surface area contributed by atoms with Gasteiger partial charge in [0.15, 0.2) is 16.6 Å². The van der Waals surface area contributed by atoms with Gasteiger partial charge >= 0.3 is 0 Å². The van der Waals surface area contributed by atoms with Crippen LogP contribution in [0.15, 0.2) is 18.3 Å². The van der Waals surface area contributed by atoms with Gasteiger partial charge in [0.25, 0.3) is 0 Å². The smallest absolute Gasteiger partial charge is 0.192 e. The highest BCUT2D eigenvalue weighted by Crippen LogP contribution is 2.43. The van der Waals surface area contributed by atoms with Crippen molar-refractivity contribution in [2.24, 2.45) is 0 Å². The minimum absolute atomic E-state index is 0.0196. The Morgan fingerprint density at radius 1 is 1.00 bits per heavy atom. The number of aromatic nitrogens is 1. The van der Waals surface area contributed by atoms with Crippen molar-refractivity contribution in [3.8, 4) is 0 Å². The number of hydrogen-bond acceptors (Lipinski definition) is 4. The largest absolute Gasteiger partial charge is 0.414 e. The van der Waals surface area contributed by atoms with Gasteiger partial charge < -0.3 is 13.6 Å². The summed E-state index contributed by atoms with van der Waals surface area (Å²) < 4.78 is 20.0. The number of pyridine rings is 1. The summed E-state index contributed by atoms with van der Waals surface area (Å²) in [6.07, 6.45) is 3.84. The van der Waals surface area contributed by atoms with E-state index in [-0.39, 0.29) is 28.4 Å². The molecule has 2 rings (SSSR count). The third-order valence-electron chi connectivity index (χ3n) is 7.45. The van der Waals surface area contributed by atoms with Gasteiger partial charge in [0.2, 0.25) is 0 Å². The molecule has 0 spiro atoms. The summed E-state index contributed by atoms with van der Waals surface area (Å²) in [4.78, 5) is 4.59. The van der Waals surface area contributed by atoms with Crippen LogP contribution in [0.25, 0.3) is 0 Å². The molecular formula is C24H45NO3Si2. The van der Waals surface area contributed by atoms with Gasteiger partial charge in [-0.25, -0.2) is 0 Å². The molecule has 1 aromatic rings. The number of rotatable bonds is 7. The monoisotopic (exact) mass is 451 g/mol. The average molecular weight is 452 g/mol. The van der Waals surface area contributed by atoms with Gasteiger partial charge in [-0.2, -0.15) is 0 Å². The Balaban J connectivity index is 2.21. The molecule has 0 unspecified atom stereocenters. The molecule has 0 aromatic carbocycles. The van der Waals surface area contributed by atoms with E-state index < -0.39 is 16.6 Å². The quantitative estimate of drug-likeness (QED) is 0.423. The number of nitrogens with zero attached hydrogens (tertiary/aromatic N) is 1. The Morgan fingerprint density at radius 3 is 2.07 bits per heavy atom. The van der Waals surface area contributed by atoms with E-state index in [1.54, 1.807) is 0 Å². The van der Waals surface area contributed by atoms with Gasteiger partial charge in [-0.05, 0) is 54.3 Å². The van der Waals surface area contributed by atoms with Gasteiger partial charge in [0.1, 0.15) is 6.10 Å². The van der Waals surface area contributed by atoms with Crippen LogP contribution >= 0.6 is 0 Å². The lowest BCUT2D eigenvalue weighted by atomic mass is 10.1. The summed E-state index contributed by atoms with van der Waals surface area (Å²) in [5, 5.41) is 0.348. The zero-order valence-electron chi connectivity index (χ0n) is 21.3. The van der Waals surface area contributed by atoms with Crippen LogP contribution in [0.5, 0.6) is 0 Å². The first kappa shape index (κ1) is 25.7. The standard InChI is InChI=1S/C24H45NO3Si2/c1-12-19-14-13-18(16-25-19)20-15-21(28-30(10,11)24(5,6)7)22(27-20)17-26-29(8,9)23(2,3)4/h13-14,16,20-22H,12,15,17H2,1-11H3/t20-,21+,22-/m1/s1. The second kappa shape index (κ2) is 9.14. The fourth-order valence-corrected chi connectivity index (χ4v) is 5.47. The lowest BCUT2D eigenvalue weighted by Gasteiger charge is -2.40. The molecule has 30 heavy (non-hydrogen) atoms. The first-order valence-electron chi connectivity index (χ1n) is 11.5. The van der Waals surface area contributed by atoms with Crippen molar-refractivity contribution in [3.05, 3.63) is 29.6 Å². The van der Waals surface area contributed by atoms with E-state index in [4.69, 9.17) is 13.6 Å². The maximum atomic E-state index is 6.85. The molecule has 1 aromatic heterocycles. The minimum Gasteiger partial charge on any atom is -0.414 e. The molecule has 0 saturated carbocycles. The van der Waals surface area contributed by atoms with E-state index in [2.05, 4.69) is 91.8 Å². The molecule has 1 aliphatic rings. The Hall–Kier alpha value is -0.536. The molecule has 6 heteroatoms. The molecular weight excluding hydrogens is 406 g/mol. The van der Waals surface area contributed by atoms with Crippen LogP contribution in [0.1, 0.15) is 72.2 Å². The lowest BCUT2D eigenvalue weighted by molar-refractivity contribution is -0.0165. The zero-order valence-corrected chi connectivity index (χ0v) is 23.3. The van der Waals surface area contributed by atoms with Crippen molar-refractivity contribution in [2.75, 3.05) is 6.61 Å². The van der Waals surface area contributed by atoms with Gasteiger partial charge in [0, 0.05) is 18.3 Å². The third-order valence-corrected chi connectivity index (χ3v) is 16.5. The van der Waals surface area contributed by atoms with E-state index in [0.717, 1.165) is 24.1 Å². The SMILES string of the molecule is CCc1ccc([C@H]2C[C@H](O[Si](C)(C)C(C)(C)C)[C@@H](CO[Si](C)(C)C(C)(C)C)O2)cn1. The van der Waals surface area contributed by atoms with E-state index in [0.29, 0.717) is 6.61 Å². The Morgan fingerprint density at radius 2 is 1.60 bits per heavy atom. The lowest BCUT2D eigenvalue weighted by Crippen LogP contribution is -2.48. The molecule has 0 aliphatic carbocycles. The highest BCUT2D eigenvalue weighted by atomic mass is 28.4. The summed E-state index contributed by atoms with van der Waals surface area (Å²) in [6.45, 7) is 25.7. The van der Waals surface area contributed by atoms with Crippen molar-refractivity contribution in [3.63, 3.8) is 0 Å². The van der Waals surface area contributed by atoms with E-state index in [9.17, 15) is 0 Å². The fourth-order valence-electron chi connectivity index (χ4n) is 3.10.